The summed E-state index contributed by atoms with van der Waals surface area (Å²) in [5.74, 6) is -0.0968. The molecule has 0 radical (unpaired) electrons. The van der Waals surface area contributed by atoms with E-state index in [0.717, 1.165) is 5.69 Å². The molecule has 0 spiro atoms. The van der Waals surface area contributed by atoms with Gasteiger partial charge in [-0.1, -0.05) is 20.8 Å². The van der Waals surface area contributed by atoms with Crippen LogP contribution in [-0.4, -0.2) is 28.8 Å². The first kappa shape index (κ1) is 12.7. The molecule has 0 aliphatic rings. The third kappa shape index (κ3) is 2.61. The van der Waals surface area contributed by atoms with Crippen LogP contribution >= 0.6 is 0 Å². The van der Waals surface area contributed by atoms with Crippen molar-refractivity contribution < 1.29 is 4.79 Å². The summed E-state index contributed by atoms with van der Waals surface area (Å²) in [6, 6.07) is -0.516. The predicted octanol–water partition coefficient (Wildman–Crippen LogP) is 0.756. The average Bonchev–Trinajstić information content (AvgIpc) is 2.60. The third-order valence-electron chi connectivity index (χ3n) is 2.61. The van der Waals surface area contributed by atoms with Gasteiger partial charge in [0.15, 0.2) is 0 Å². The normalized spacial score (nSPS) is 13.6. The maximum Gasteiger partial charge on any atom is 0.244 e. The van der Waals surface area contributed by atoms with Crippen LogP contribution < -0.4 is 10.6 Å². The lowest BCUT2D eigenvalue weighted by Gasteiger charge is -2.29. The topological polar surface area (TPSA) is 64.2 Å². The quantitative estimate of drug-likeness (QED) is 0.806. The second-order valence-corrected chi connectivity index (χ2v) is 5.11. The van der Waals surface area contributed by atoms with Crippen molar-refractivity contribution in [3.05, 3.63) is 12.4 Å². The van der Waals surface area contributed by atoms with E-state index < -0.39 is 6.04 Å². The molecule has 1 atom stereocenters. The van der Waals surface area contributed by atoms with Gasteiger partial charge in [-0.3, -0.25) is 9.48 Å². The van der Waals surface area contributed by atoms with Gasteiger partial charge in [0.1, 0.15) is 0 Å². The molecule has 5 heteroatoms. The van der Waals surface area contributed by atoms with Crippen molar-refractivity contribution in [3.8, 4) is 0 Å². The van der Waals surface area contributed by atoms with Gasteiger partial charge in [0.05, 0.1) is 17.9 Å². The van der Waals surface area contributed by atoms with Crippen molar-refractivity contribution in [1.82, 2.24) is 9.78 Å². The van der Waals surface area contributed by atoms with Crippen LogP contribution in [0, 0.1) is 5.41 Å². The lowest BCUT2D eigenvalue weighted by Crippen LogP contribution is -2.49. The Balaban J connectivity index is 2.83. The first-order valence-electron chi connectivity index (χ1n) is 5.25. The number of carbonyl (C=O) groups excluding carboxylic acids is 1. The number of hydrogen-bond acceptors (Lipinski definition) is 3. The summed E-state index contributed by atoms with van der Waals surface area (Å²) in [4.78, 5) is 13.6. The molecule has 1 heterocycles. The molecule has 0 unspecified atom stereocenters. The Morgan fingerprint density at radius 3 is 2.50 bits per heavy atom. The zero-order valence-electron chi connectivity index (χ0n) is 10.6. The summed E-state index contributed by atoms with van der Waals surface area (Å²) in [5, 5.41) is 4.02. The van der Waals surface area contributed by atoms with Gasteiger partial charge in [-0.25, -0.2) is 0 Å². The molecule has 0 fully saturated rings. The summed E-state index contributed by atoms with van der Waals surface area (Å²) in [7, 11) is 3.52. The second-order valence-electron chi connectivity index (χ2n) is 5.11. The third-order valence-corrected chi connectivity index (χ3v) is 2.61. The second kappa shape index (κ2) is 4.25. The van der Waals surface area contributed by atoms with Crippen LogP contribution in [0.2, 0.25) is 0 Å². The van der Waals surface area contributed by atoms with Gasteiger partial charge < -0.3 is 10.6 Å². The van der Waals surface area contributed by atoms with Crippen LogP contribution in [0.5, 0.6) is 0 Å². The molecule has 1 rings (SSSR count). The highest BCUT2D eigenvalue weighted by molar-refractivity contribution is 5.96. The molecule has 0 bridgehead atoms. The van der Waals surface area contributed by atoms with Crippen molar-refractivity contribution in [3.63, 3.8) is 0 Å². The minimum Gasteiger partial charge on any atom is -0.319 e. The molecule has 5 nitrogen and oxygen atoms in total. The number of likely N-dealkylation sites (N-methyl/N-ethyl adjacent to an activating group) is 1. The van der Waals surface area contributed by atoms with Gasteiger partial charge in [0.2, 0.25) is 5.91 Å². The van der Waals surface area contributed by atoms with Gasteiger partial charge >= 0.3 is 0 Å². The maximum absolute atomic E-state index is 12.1. The highest BCUT2D eigenvalue weighted by Crippen LogP contribution is 2.21. The van der Waals surface area contributed by atoms with E-state index in [-0.39, 0.29) is 11.3 Å². The largest absolute Gasteiger partial charge is 0.319 e. The molecule has 1 aromatic rings. The minimum absolute atomic E-state index is 0.0968. The van der Waals surface area contributed by atoms with Gasteiger partial charge in [-0.05, 0) is 5.41 Å². The Morgan fingerprint density at radius 2 is 2.12 bits per heavy atom. The molecule has 1 aromatic heterocycles. The number of aromatic nitrogens is 2. The highest BCUT2D eigenvalue weighted by atomic mass is 16.2. The fourth-order valence-corrected chi connectivity index (χ4v) is 1.29. The predicted molar refractivity (Wildman–Crippen MR) is 64.0 cm³/mol. The Kier molecular flexibility index (Phi) is 3.38. The van der Waals surface area contributed by atoms with Gasteiger partial charge in [0, 0.05) is 20.3 Å². The van der Waals surface area contributed by atoms with E-state index >= 15 is 0 Å². The Hall–Kier alpha value is -1.36. The van der Waals surface area contributed by atoms with Gasteiger partial charge in [-0.2, -0.15) is 5.10 Å². The van der Waals surface area contributed by atoms with E-state index in [1.165, 1.54) is 0 Å². The van der Waals surface area contributed by atoms with Crippen LogP contribution in [0.15, 0.2) is 12.4 Å². The Morgan fingerprint density at radius 1 is 1.56 bits per heavy atom. The number of rotatable bonds is 2. The average molecular weight is 224 g/mol. The number of nitrogens with zero attached hydrogens (tertiary/aromatic N) is 3. The SMILES string of the molecule is CN(C(=O)[C@@H](N)C(C)(C)C)c1cnn(C)c1. The lowest BCUT2D eigenvalue weighted by atomic mass is 9.86. The van der Waals surface area contributed by atoms with Crippen molar-refractivity contribution in [1.29, 1.82) is 0 Å². The first-order chi connectivity index (χ1) is 7.23. The molecule has 0 aliphatic carbocycles. The van der Waals surface area contributed by atoms with Crippen molar-refractivity contribution >= 4 is 11.6 Å². The first-order valence-corrected chi connectivity index (χ1v) is 5.25. The summed E-state index contributed by atoms with van der Waals surface area (Å²) in [6.07, 6.45) is 3.43. The van der Waals surface area contributed by atoms with Crippen molar-refractivity contribution in [2.45, 2.75) is 26.8 Å². The number of hydrogen-bond donors (Lipinski definition) is 1. The van der Waals surface area contributed by atoms with Crippen LogP contribution in [0.4, 0.5) is 5.69 Å². The highest BCUT2D eigenvalue weighted by Gasteiger charge is 2.30. The van der Waals surface area contributed by atoms with Crippen LogP contribution in [0.3, 0.4) is 0 Å². The molecular formula is C11H20N4O. The zero-order chi connectivity index (χ0) is 12.5. The molecule has 1 amide bonds. The number of amides is 1. The van der Waals surface area contributed by atoms with E-state index in [9.17, 15) is 4.79 Å². The molecule has 2 N–H and O–H groups in total. The molecule has 90 valence electrons. The van der Waals surface area contributed by atoms with E-state index in [4.69, 9.17) is 5.73 Å². The fraction of sp³-hybridized carbons (Fsp3) is 0.636. The molecular weight excluding hydrogens is 204 g/mol. The summed E-state index contributed by atoms with van der Waals surface area (Å²) in [6.45, 7) is 5.85. The zero-order valence-corrected chi connectivity index (χ0v) is 10.6. The smallest absolute Gasteiger partial charge is 0.244 e. The van der Waals surface area contributed by atoms with Gasteiger partial charge in [0.25, 0.3) is 0 Å². The summed E-state index contributed by atoms with van der Waals surface area (Å²) >= 11 is 0. The number of anilines is 1. The molecule has 16 heavy (non-hydrogen) atoms. The van der Waals surface area contributed by atoms with Crippen molar-refractivity contribution in [2.75, 3.05) is 11.9 Å². The Bertz CT molecular complexity index is 378. The van der Waals surface area contributed by atoms with Crippen LogP contribution in [0.25, 0.3) is 0 Å². The molecule has 0 saturated carbocycles. The molecule has 0 aliphatic heterocycles. The van der Waals surface area contributed by atoms with Gasteiger partial charge in [-0.15, -0.1) is 0 Å². The maximum atomic E-state index is 12.1. The van der Waals surface area contributed by atoms with Crippen molar-refractivity contribution in [2.24, 2.45) is 18.2 Å². The van der Waals surface area contributed by atoms with Crippen LogP contribution in [0.1, 0.15) is 20.8 Å². The summed E-state index contributed by atoms with van der Waals surface area (Å²) < 4.78 is 1.65. The lowest BCUT2D eigenvalue weighted by molar-refractivity contribution is -0.121. The Labute approximate surface area is 96.2 Å². The number of aryl methyl sites for hydroxylation is 1. The standard InChI is InChI=1S/C11H20N4O/c1-11(2,3)9(12)10(16)15(5)8-6-13-14(4)7-8/h6-7,9H,12H2,1-5H3/t9-/m1/s1. The molecule has 0 aromatic carbocycles. The van der Waals surface area contributed by atoms with E-state index in [1.807, 2.05) is 27.8 Å². The minimum atomic E-state index is -0.516. The number of nitrogens with two attached hydrogens (primary N) is 1. The summed E-state index contributed by atoms with van der Waals surface area (Å²) in [5.41, 5.74) is 6.44. The fourth-order valence-electron chi connectivity index (χ4n) is 1.29. The van der Waals surface area contributed by atoms with Crippen LogP contribution in [-0.2, 0) is 11.8 Å². The monoisotopic (exact) mass is 224 g/mol. The number of carbonyl (C=O) groups is 1. The van der Waals surface area contributed by atoms with E-state index in [1.54, 1.807) is 29.0 Å². The van der Waals surface area contributed by atoms with E-state index in [2.05, 4.69) is 5.10 Å². The molecule has 0 saturated heterocycles. The van der Waals surface area contributed by atoms with E-state index in [0.29, 0.717) is 0 Å².